The maximum atomic E-state index is 10.5. The Bertz CT molecular complexity index is 487. The Balaban J connectivity index is 3.15. The van der Waals surface area contributed by atoms with E-state index in [2.05, 4.69) is 20.8 Å². The molecule has 104 valence electrons. The number of aliphatic carboxylic acids is 1. The zero-order valence-electron chi connectivity index (χ0n) is 11.8. The number of carbonyl (C=O) groups is 1. The Labute approximate surface area is 113 Å². The molecule has 0 radical (unpaired) electrons. The first-order valence-corrected chi connectivity index (χ1v) is 6.11. The average Bonchev–Trinajstić information content (AvgIpc) is 2.34. The lowest BCUT2D eigenvalue weighted by molar-refractivity contribution is -0.131. The highest BCUT2D eigenvalue weighted by atomic mass is 16.5. The largest absolute Gasteiger partial charge is 0.496 e. The molecule has 19 heavy (non-hydrogen) atoms. The van der Waals surface area contributed by atoms with Gasteiger partial charge in [0.1, 0.15) is 5.75 Å². The highest BCUT2D eigenvalue weighted by Gasteiger charge is 2.20. The van der Waals surface area contributed by atoms with E-state index in [0.29, 0.717) is 0 Å². The predicted molar refractivity (Wildman–Crippen MR) is 75.4 cm³/mol. The van der Waals surface area contributed by atoms with Gasteiger partial charge in [-0.25, -0.2) is 4.79 Å². The summed E-state index contributed by atoms with van der Waals surface area (Å²) in [6.07, 6.45) is 2.53. The summed E-state index contributed by atoms with van der Waals surface area (Å²) in [5.41, 5.74) is 7.80. The van der Waals surface area contributed by atoms with Crippen LogP contribution in [0.25, 0.3) is 0 Å². The van der Waals surface area contributed by atoms with Crippen LogP contribution in [0, 0.1) is 0 Å². The Morgan fingerprint density at radius 3 is 2.53 bits per heavy atom. The van der Waals surface area contributed by atoms with Gasteiger partial charge in [0.25, 0.3) is 0 Å². The number of ether oxygens (including phenoxy) is 1. The molecular weight excluding hydrogens is 242 g/mol. The fourth-order valence-corrected chi connectivity index (χ4v) is 1.82. The summed E-state index contributed by atoms with van der Waals surface area (Å²) in [5, 5.41) is 8.61. The first-order valence-electron chi connectivity index (χ1n) is 6.11. The van der Waals surface area contributed by atoms with Crippen molar-refractivity contribution in [1.29, 1.82) is 0 Å². The van der Waals surface area contributed by atoms with Crippen molar-refractivity contribution in [1.82, 2.24) is 0 Å². The van der Waals surface area contributed by atoms with Gasteiger partial charge in [0.15, 0.2) is 0 Å². The maximum absolute atomic E-state index is 10.5. The van der Waals surface area contributed by atoms with Gasteiger partial charge >= 0.3 is 5.97 Å². The van der Waals surface area contributed by atoms with Crippen molar-refractivity contribution >= 4 is 5.97 Å². The van der Waals surface area contributed by atoms with Crippen molar-refractivity contribution in [2.75, 3.05) is 7.11 Å². The molecular formula is C15H21NO3. The molecule has 1 rings (SSSR count). The lowest BCUT2D eigenvalue weighted by Gasteiger charge is -2.23. The van der Waals surface area contributed by atoms with Gasteiger partial charge in [0.05, 0.1) is 7.11 Å². The molecule has 0 fully saturated rings. The summed E-state index contributed by atoms with van der Waals surface area (Å²) in [6.45, 7) is 6.27. The number of methoxy groups -OCH3 is 1. The molecule has 3 N–H and O–H groups in total. The summed E-state index contributed by atoms with van der Waals surface area (Å²) in [7, 11) is 1.63. The van der Waals surface area contributed by atoms with E-state index in [1.807, 2.05) is 18.2 Å². The van der Waals surface area contributed by atoms with Crippen LogP contribution in [-0.2, 0) is 10.2 Å². The third kappa shape index (κ3) is 4.10. The van der Waals surface area contributed by atoms with Crippen LogP contribution in [0.4, 0.5) is 0 Å². The molecule has 1 unspecified atom stereocenters. The molecule has 1 atom stereocenters. The van der Waals surface area contributed by atoms with Crippen molar-refractivity contribution in [3.8, 4) is 5.75 Å². The predicted octanol–water partition coefficient (Wildman–Crippen LogP) is 2.63. The standard InChI is InChI=1S/C15H21NO3/c1-15(2,3)11-9-10(5-7-13(11)19-4)12(16)6-8-14(17)18/h5-9,12H,16H2,1-4H3,(H,17,18)/b8-6+. The summed E-state index contributed by atoms with van der Waals surface area (Å²) in [4.78, 5) is 10.5. The van der Waals surface area contributed by atoms with Crippen LogP contribution in [-0.4, -0.2) is 18.2 Å². The molecule has 0 aliphatic rings. The smallest absolute Gasteiger partial charge is 0.328 e. The minimum absolute atomic E-state index is 0.0718. The fourth-order valence-electron chi connectivity index (χ4n) is 1.82. The van der Waals surface area contributed by atoms with E-state index < -0.39 is 12.0 Å². The molecule has 0 aromatic heterocycles. The molecule has 4 nitrogen and oxygen atoms in total. The van der Waals surface area contributed by atoms with Crippen LogP contribution in [0.5, 0.6) is 5.75 Å². The molecule has 0 heterocycles. The molecule has 1 aromatic rings. The first kappa shape index (κ1) is 15.2. The number of hydrogen-bond donors (Lipinski definition) is 2. The molecule has 0 amide bonds. The quantitative estimate of drug-likeness (QED) is 0.819. The lowest BCUT2D eigenvalue weighted by Crippen LogP contribution is -2.15. The highest BCUT2D eigenvalue weighted by molar-refractivity contribution is 5.79. The van der Waals surface area contributed by atoms with E-state index in [1.165, 1.54) is 6.08 Å². The summed E-state index contributed by atoms with van der Waals surface area (Å²) < 4.78 is 5.35. The highest BCUT2D eigenvalue weighted by Crippen LogP contribution is 2.33. The number of nitrogens with two attached hydrogens (primary N) is 1. The second kappa shape index (κ2) is 5.89. The second-order valence-corrected chi connectivity index (χ2v) is 5.43. The van der Waals surface area contributed by atoms with Crippen molar-refractivity contribution in [3.05, 3.63) is 41.5 Å². The zero-order valence-corrected chi connectivity index (χ0v) is 11.8. The monoisotopic (exact) mass is 263 g/mol. The van der Waals surface area contributed by atoms with E-state index in [0.717, 1.165) is 23.0 Å². The average molecular weight is 263 g/mol. The van der Waals surface area contributed by atoms with Gasteiger partial charge in [0, 0.05) is 12.1 Å². The molecule has 0 aliphatic heterocycles. The Morgan fingerprint density at radius 1 is 1.42 bits per heavy atom. The molecule has 0 saturated heterocycles. The SMILES string of the molecule is COc1ccc(C(N)/C=C/C(=O)O)cc1C(C)(C)C. The van der Waals surface area contributed by atoms with Crippen LogP contribution in [0.15, 0.2) is 30.4 Å². The van der Waals surface area contributed by atoms with E-state index >= 15 is 0 Å². The van der Waals surface area contributed by atoms with Crippen LogP contribution in [0.2, 0.25) is 0 Å². The van der Waals surface area contributed by atoms with Gasteiger partial charge < -0.3 is 15.6 Å². The molecule has 0 spiro atoms. The van der Waals surface area contributed by atoms with Crippen LogP contribution >= 0.6 is 0 Å². The topological polar surface area (TPSA) is 72.5 Å². The van der Waals surface area contributed by atoms with Gasteiger partial charge in [-0.3, -0.25) is 0 Å². The summed E-state index contributed by atoms with van der Waals surface area (Å²) >= 11 is 0. The van der Waals surface area contributed by atoms with Crippen molar-refractivity contribution in [3.63, 3.8) is 0 Å². The number of hydrogen-bond acceptors (Lipinski definition) is 3. The van der Waals surface area contributed by atoms with E-state index in [4.69, 9.17) is 15.6 Å². The van der Waals surface area contributed by atoms with Gasteiger partial charge in [0.2, 0.25) is 0 Å². The minimum atomic E-state index is -1.000. The summed E-state index contributed by atoms with van der Waals surface area (Å²) in [5.74, 6) is -0.189. The third-order valence-electron chi connectivity index (χ3n) is 2.86. The maximum Gasteiger partial charge on any atom is 0.328 e. The van der Waals surface area contributed by atoms with Gasteiger partial charge in [-0.15, -0.1) is 0 Å². The van der Waals surface area contributed by atoms with Gasteiger partial charge in [-0.05, 0) is 28.7 Å². The van der Waals surface area contributed by atoms with Crippen molar-refractivity contribution in [2.24, 2.45) is 5.73 Å². The number of carboxylic acids is 1. The third-order valence-corrected chi connectivity index (χ3v) is 2.86. The number of benzene rings is 1. The Morgan fingerprint density at radius 2 is 2.05 bits per heavy atom. The molecule has 1 aromatic carbocycles. The van der Waals surface area contributed by atoms with E-state index in [-0.39, 0.29) is 5.41 Å². The Kier molecular flexibility index (Phi) is 4.72. The fraction of sp³-hybridized carbons (Fsp3) is 0.400. The van der Waals surface area contributed by atoms with Gasteiger partial charge in [-0.1, -0.05) is 32.9 Å². The van der Waals surface area contributed by atoms with Crippen molar-refractivity contribution < 1.29 is 14.6 Å². The number of rotatable bonds is 4. The molecule has 0 aliphatic carbocycles. The van der Waals surface area contributed by atoms with Crippen LogP contribution in [0.1, 0.15) is 37.9 Å². The minimum Gasteiger partial charge on any atom is -0.496 e. The zero-order chi connectivity index (χ0) is 14.6. The normalized spacial score (nSPS) is 13.5. The molecule has 4 heteroatoms. The lowest BCUT2D eigenvalue weighted by atomic mass is 9.84. The van der Waals surface area contributed by atoms with Crippen LogP contribution in [0.3, 0.4) is 0 Å². The number of carboxylic acid groups (broad SMARTS) is 1. The Hall–Kier alpha value is -1.81. The summed E-state index contributed by atoms with van der Waals surface area (Å²) in [6, 6.07) is 5.24. The van der Waals surface area contributed by atoms with E-state index in [1.54, 1.807) is 7.11 Å². The van der Waals surface area contributed by atoms with E-state index in [9.17, 15) is 4.79 Å². The van der Waals surface area contributed by atoms with Crippen LogP contribution < -0.4 is 10.5 Å². The van der Waals surface area contributed by atoms with Gasteiger partial charge in [-0.2, -0.15) is 0 Å². The molecule has 0 bridgehead atoms. The second-order valence-electron chi connectivity index (χ2n) is 5.43. The molecule has 0 saturated carbocycles. The van der Waals surface area contributed by atoms with Crippen molar-refractivity contribution in [2.45, 2.75) is 32.2 Å². The first-order chi connectivity index (χ1) is 8.75.